The number of aryl methyl sites for hydroxylation is 1. The van der Waals surface area contributed by atoms with Crippen LogP contribution in [0.2, 0.25) is 0 Å². The van der Waals surface area contributed by atoms with E-state index in [1.165, 1.54) is 0 Å². The number of para-hydroxylation sites is 1. The van der Waals surface area contributed by atoms with Gasteiger partial charge in [-0.15, -0.1) is 0 Å². The second kappa shape index (κ2) is 6.44. The topological polar surface area (TPSA) is 72.4 Å². The van der Waals surface area contributed by atoms with Gasteiger partial charge in [-0.3, -0.25) is 10.00 Å². The molecule has 122 valence electrons. The summed E-state index contributed by atoms with van der Waals surface area (Å²) in [6.07, 6.45) is 3.64. The minimum atomic E-state index is -0.200. The number of fused-ring (bicyclic) bond motifs is 1. The highest BCUT2D eigenvalue weighted by Gasteiger charge is 2.19. The summed E-state index contributed by atoms with van der Waals surface area (Å²) in [6.45, 7) is 1.99. The molecule has 6 heteroatoms. The van der Waals surface area contributed by atoms with Crippen molar-refractivity contribution in [2.24, 2.45) is 7.05 Å². The van der Waals surface area contributed by atoms with E-state index in [0.29, 0.717) is 5.75 Å². The normalized spacial score (nSPS) is 14.1. The summed E-state index contributed by atoms with van der Waals surface area (Å²) in [5.41, 5.74) is 1.68. The number of aliphatic hydroxyl groups excluding tert-OH is 1. The van der Waals surface area contributed by atoms with E-state index in [1.54, 1.807) is 18.0 Å². The van der Waals surface area contributed by atoms with Gasteiger partial charge in [0.1, 0.15) is 5.76 Å². The highest BCUT2D eigenvalue weighted by atomic mass is 16.5. The number of aromatic nitrogens is 2. The largest absolute Gasteiger partial charge is 0.493 e. The van der Waals surface area contributed by atoms with Crippen LogP contribution in [0.25, 0.3) is 11.0 Å². The molecule has 0 aliphatic rings. The van der Waals surface area contributed by atoms with Crippen LogP contribution in [0, 0.1) is 0 Å². The molecule has 0 aliphatic heterocycles. The maximum absolute atomic E-state index is 9.66. The standard InChI is InChI=1S/C17H21N3O3/c1-11(19-14(10-21)13-8-18-20(2)9-13)16-7-12-5-4-6-15(22-3)17(12)23-16/h4-9,11,14,19,21H,10H2,1-3H3/t11-,14-/m0/s1. The monoisotopic (exact) mass is 315 g/mol. The molecule has 6 nitrogen and oxygen atoms in total. The molecule has 0 bridgehead atoms. The molecule has 0 saturated carbocycles. The maximum Gasteiger partial charge on any atom is 0.176 e. The van der Waals surface area contributed by atoms with E-state index < -0.39 is 0 Å². The number of hydrogen-bond acceptors (Lipinski definition) is 5. The van der Waals surface area contributed by atoms with E-state index in [0.717, 1.165) is 22.3 Å². The summed E-state index contributed by atoms with van der Waals surface area (Å²) in [6, 6.07) is 7.53. The number of ether oxygens (including phenoxy) is 1. The fraction of sp³-hybridized carbons (Fsp3) is 0.353. The van der Waals surface area contributed by atoms with Crippen molar-refractivity contribution < 1.29 is 14.3 Å². The first-order valence-electron chi connectivity index (χ1n) is 7.54. The van der Waals surface area contributed by atoms with E-state index >= 15 is 0 Å². The Morgan fingerprint density at radius 1 is 1.43 bits per heavy atom. The lowest BCUT2D eigenvalue weighted by Crippen LogP contribution is -2.26. The van der Waals surface area contributed by atoms with Crippen molar-refractivity contribution in [3.8, 4) is 5.75 Å². The van der Waals surface area contributed by atoms with Gasteiger partial charge in [-0.05, 0) is 19.1 Å². The lowest BCUT2D eigenvalue weighted by molar-refractivity contribution is 0.231. The minimum absolute atomic E-state index is 0.0143. The summed E-state index contributed by atoms with van der Waals surface area (Å²) < 4.78 is 13.0. The van der Waals surface area contributed by atoms with Gasteiger partial charge < -0.3 is 14.3 Å². The van der Waals surface area contributed by atoms with Crippen LogP contribution in [-0.4, -0.2) is 28.6 Å². The Balaban J connectivity index is 1.83. The van der Waals surface area contributed by atoms with Crippen LogP contribution >= 0.6 is 0 Å². The zero-order chi connectivity index (χ0) is 16.4. The average molecular weight is 315 g/mol. The van der Waals surface area contributed by atoms with E-state index in [2.05, 4.69) is 10.4 Å². The molecular weight excluding hydrogens is 294 g/mol. The summed E-state index contributed by atoms with van der Waals surface area (Å²) in [5, 5.41) is 18.2. The molecule has 2 heterocycles. The molecule has 1 aromatic carbocycles. The van der Waals surface area contributed by atoms with Crippen molar-refractivity contribution in [3.63, 3.8) is 0 Å². The molecule has 3 rings (SSSR count). The Labute approximate surface area is 134 Å². The number of nitrogens with zero attached hydrogens (tertiary/aromatic N) is 2. The van der Waals surface area contributed by atoms with Crippen LogP contribution in [-0.2, 0) is 7.05 Å². The zero-order valence-corrected chi connectivity index (χ0v) is 13.5. The molecule has 2 aromatic heterocycles. The van der Waals surface area contributed by atoms with Gasteiger partial charge in [0.2, 0.25) is 0 Å². The van der Waals surface area contributed by atoms with Crippen LogP contribution in [0.5, 0.6) is 5.75 Å². The maximum atomic E-state index is 9.66. The van der Waals surface area contributed by atoms with Crippen molar-refractivity contribution in [3.05, 3.63) is 48.0 Å². The van der Waals surface area contributed by atoms with Crippen LogP contribution < -0.4 is 10.1 Å². The molecule has 3 aromatic rings. The molecule has 0 saturated heterocycles. The SMILES string of the molecule is COc1cccc2cc([C@H](C)N[C@@H](CO)c3cnn(C)c3)oc12. The highest BCUT2D eigenvalue weighted by Crippen LogP contribution is 2.31. The number of nitrogens with one attached hydrogen (secondary N) is 1. The molecule has 0 spiro atoms. The fourth-order valence-electron chi connectivity index (χ4n) is 2.69. The molecule has 2 atom stereocenters. The van der Waals surface area contributed by atoms with Crippen molar-refractivity contribution in [1.82, 2.24) is 15.1 Å². The van der Waals surface area contributed by atoms with Gasteiger partial charge in [-0.25, -0.2) is 0 Å². The predicted molar refractivity (Wildman–Crippen MR) is 87.4 cm³/mol. The predicted octanol–water partition coefficient (Wildman–Crippen LogP) is 2.56. The molecule has 0 amide bonds. The Morgan fingerprint density at radius 3 is 2.91 bits per heavy atom. The average Bonchev–Trinajstić information content (AvgIpc) is 3.18. The fourth-order valence-corrected chi connectivity index (χ4v) is 2.69. The second-order valence-electron chi connectivity index (χ2n) is 5.60. The van der Waals surface area contributed by atoms with E-state index in [4.69, 9.17) is 9.15 Å². The van der Waals surface area contributed by atoms with Gasteiger partial charge in [0.05, 0.1) is 32.0 Å². The third kappa shape index (κ3) is 3.09. The van der Waals surface area contributed by atoms with Gasteiger partial charge in [-0.2, -0.15) is 5.10 Å². The highest BCUT2D eigenvalue weighted by molar-refractivity contribution is 5.83. The van der Waals surface area contributed by atoms with Gasteiger partial charge in [0, 0.05) is 24.2 Å². The van der Waals surface area contributed by atoms with Gasteiger partial charge in [0.15, 0.2) is 11.3 Å². The third-order valence-electron chi connectivity index (χ3n) is 3.93. The van der Waals surface area contributed by atoms with Crippen molar-refractivity contribution in [1.29, 1.82) is 0 Å². The first-order valence-corrected chi connectivity index (χ1v) is 7.54. The molecule has 2 N–H and O–H groups in total. The van der Waals surface area contributed by atoms with Crippen LogP contribution in [0.3, 0.4) is 0 Å². The number of aliphatic hydroxyl groups is 1. The summed E-state index contributed by atoms with van der Waals surface area (Å²) in [5.74, 6) is 1.51. The molecule has 23 heavy (non-hydrogen) atoms. The van der Waals surface area contributed by atoms with E-state index in [9.17, 15) is 5.11 Å². The van der Waals surface area contributed by atoms with Crippen LogP contribution in [0.4, 0.5) is 0 Å². The molecule has 0 aliphatic carbocycles. The van der Waals surface area contributed by atoms with Crippen LogP contribution in [0.1, 0.15) is 30.3 Å². The van der Waals surface area contributed by atoms with Crippen molar-refractivity contribution in [2.45, 2.75) is 19.0 Å². The number of hydrogen-bond donors (Lipinski definition) is 2. The third-order valence-corrected chi connectivity index (χ3v) is 3.93. The first-order chi connectivity index (χ1) is 11.1. The minimum Gasteiger partial charge on any atom is -0.493 e. The lowest BCUT2D eigenvalue weighted by Gasteiger charge is -2.19. The summed E-state index contributed by atoms with van der Waals surface area (Å²) in [7, 11) is 3.48. The van der Waals surface area contributed by atoms with Crippen molar-refractivity contribution >= 4 is 11.0 Å². The van der Waals surface area contributed by atoms with Gasteiger partial charge >= 0.3 is 0 Å². The molecule has 0 fully saturated rings. The summed E-state index contributed by atoms with van der Waals surface area (Å²) in [4.78, 5) is 0. The summed E-state index contributed by atoms with van der Waals surface area (Å²) >= 11 is 0. The second-order valence-corrected chi connectivity index (χ2v) is 5.60. The number of rotatable bonds is 6. The Morgan fingerprint density at radius 2 is 2.26 bits per heavy atom. The quantitative estimate of drug-likeness (QED) is 0.731. The first kappa shape index (κ1) is 15.6. The Hall–Kier alpha value is -2.31. The zero-order valence-electron chi connectivity index (χ0n) is 13.5. The van der Waals surface area contributed by atoms with E-state index in [1.807, 2.05) is 44.4 Å². The van der Waals surface area contributed by atoms with E-state index in [-0.39, 0.29) is 18.7 Å². The Bertz CT molecular complexity index is 793. The lowest BCUT2D eigenvalue weighted by atomic mass is 10.1. The molecule has 0 unspecified atom stereocenters. The number of furan rings is 1. The van der Waals surface area contributed by atoms with Crippen molar-refractivity contribution in [2.75, 3.05) is 13.7 Å². The van der Waals surface area contributed by atoms with Gasteiger partial charge in [0.25, 0.3) is 0 Å². The smallest absolute Gasteiger partial charge is 0.176 e. The number of methoxy groups -OCH3 is 1. The Kier molecular flexibility index (Phi) is 4.36. The molecular formula is C17H21N3O3. The molecule has 0 radical (unpaired) electrons. The van der Waals surface area contributed by atoms with Crippen LogP contribution in [0.15, 0.2) is 41.1 Å². The van der Waals surface area contributed by atoms with Gasteiger partial charge in [-0.1, -0.05) is 12.1 Å². The number of benzene rings is 1.